The Balaban J connectivity index is 1.65. The molecule has 0 aliphatic heterocycles. The van der Waals surface area contributed by atoms with Gasteiger partial charge in [-0.05, 0) is 49.4 Å². The van der Waals surface area contributed by atoms with E-state index in [1.807, 2.05) is 0 Å². The van der Waals surface area contributed by atoms with Crippen molar-refractivity contribution in [1.82, 2.24) is 9.97 Å². The summed E-state index contributed by atoms with van der Waals surface area (Å²) in [5.41, 5.74) is 1.90. The van der Waals surface area contributed by atoms with E-state index >= 15 is 0 Å². The first-order valence-electron chi connectivity index (χ1n) is 7.78. The fourth-order valence-corrected chi connectivity index (χ4v) is 2.20. The molecule has 1 aromatic heterocycles. The highest BCUT2D eigenvalue weighted by molar-refractivity contribution is 6.04. The Kier molecular flexibility index (Phi) is 4.98. The third kappa shape index (κ3) is 4.27. The summed E-state index contributed by atoms with van der Waals surface area (Å²) in [6.45, 7) is 1.48. The van der Waals surface area contributed by atoms with E-state index in [4.69, 9.17) is 0 Å². The number of hydrogen-bond acceptors (Lipinski definition) is 5. The van der Waals surface area contributed by atoms with Gasteiger partial charge in [0.05, 0.1) is 5.56 Å². The van der Waals surface area contributed by atoms with E-state index in [0.717, 1.165) is 0 Å². The van der Waals surface area contributed by atoms with Gasteiger partial charge in [0.15, 0.2) is 5.78 Å². The van der Waals surface area contributed by atoms with E-state index in [-0.39, 0.29) is 29.0 Å². The maximum atomic E-state index is 13.2. The number of anilines is 3. The Hall–Kier alpha value is -3.61. The predicted octanol–water partition coefficient (Wildman–Crippen LogP) is 3.81. The van der Waals surface area contributed by atoms with Crippen molar-refractivity contribution < 1.29 is 14.0 Å². The molecule has 0 fully saturated rings. The van der Waals surface area contributed by atoms with Crippen molar-refractivity contribution >= 4 is 29.0 Å². The molecule has 0 atom stereocenters. The van der Waals surface area contributed by atoms with E-state index < -0.39 is 0 Å². The average molecular weight is 350 g/mol. The summed E-state index contributed by atoms with van der Waals surface area (Å²) in [5.74, 6) is -0.546. The first-order valence-corrected chi connectivity index (χ1v) is 7.78. The van der Waals surface area contributed by atoms with E-state index in [0.29, 0.717) is 16.9 Å². The monoisotopic (exact) mass is 350 g/mol. The molecule has 0 saturated heterocycles. The molecule has 7 heteroatoms. The first-order chi connectivity index (χ1) is 12.5. The number of carbonyl (C=O) groups is 2. The Morgan fingerprint density at radius 3 is 2.23 bits per heavy atom. The second kappa shape index (κ2) is 7.52. The average Bonchev–Trinajstić information content (AvgIpc) is 2.63. The van der Waals surface area contributed by atoms with Crippen molar-refractivity contribution in [3.8, 4) is 0 Å². The van der Waals surface area contributed by atoms with Crippen LogP contribution in [0.2, 0.25) is 0 Å². The summed E-state index contributed by atoms with van der Waals surface area (Å²) in [6.07, 6.45) is 2.74. The van der Waals surface area contributed by atoms with Crippen LogP contribution in [0.25, 0.3) is 0 Å². The largest absolute Gasteiger partial charge is 0.324 e. The highest BCUT2D eigenvalue weighted by atomic mass is 19.1. The number of benzene rings is 2. The normalized spacial score (nSPS) is 10.2. The zero-order valence-electron chi connectivity index (χ0n) is 13.9. The Morgan fingerprint density at radius 1 is 0.923 bits per heavy atom. The fraction of sp³-hybridized carbons (Fsp3) is 0.0526. The summed E-state index contributed by atoms with van der Waals surface area (Å²) in [4.78, 5) is 31.6. The van der Waals surface area contributed by atoms with Crippen molar-refractivity contribution in [2.45, 2.75) is 6.92 Å². The molecule has 0 aliphatic rings. The number of ketones is 1. The van der Waals surface area contributed by atoms with Gasteiger partial charge in [0.2, 0.25) is 5.95 Å². The zero-order chi connectivity index (χ0) is 18.5. The lowest BCUT2D eigenvalue weighted by Crippen LogP contribution is -2.13. The molecule has 6 nitrogen and oxygen atoms in total. The second-order valence-electron chi connectivity index (χ2n) is 5.52. The van der Waals surface area contributed by atoms with Crippen LogP contribution < -0.4 is 10.6 Å². The number of carbonyl (C=O) groups excluding carboxylic acids is 2. The van der Waals surface area contributed by atoms with Gasteiger partial charge in [0, 0.05) is 29.3 Å². The number of nitrogens with one attached hydrogen (secondary N) is 2. The molecule has 3 rings (SSSR count). The number of nitrogens with zero attached hydrogens (tertiary/aromatic N) is 2. The lowest BCUT2D eigenvalue weighted by atomic mass is 10.1. The minimum atomic E-state index is -0.377. The van der Waals surface area contributed by atoms with E-state index in [1.54, 1.807) is 36.4 Å². The minimum Gasteiger partial charge on any atom is -0.324 e. The highest BCUT2D eigenvalue weighted by Crippen LogP contribution is 2.15. The van der Waals surface area contributed by atoms with Crippen LogP contribution in [0.15, 0.2) is 60.9 Å². The molecular weight excluding hydrogens is 335 g/mol. The van der Waals surface area contributed by atoms with Crippen LogP contribution in [0.5, 0.6) is 0 Å². The molecule has 0 spiro atoms. The van der Waals surface area contributed by atoms with Gasteiger partial charge in [-0.2, -0.15) is 0 Å². The van der Waals surface area contributed by atoms with Gasteiger partial charge in [0.1, 0.15) is 5.82 Å². The smallest absolute Gasteiger partial charge is 0.258 e. The lowest BCUT2D eigenvalue weighted by molar-refractivity contribution is 0.101. The van der Waals surface area contributed by atoms with Crippen LogP contribution in [-0.4, -0.2) is 21.7 Å². The maximum absolute atomic E-state index is 13.2. The molecule has 0 saturated carbocycles. The molecule has 0 bridgehead atoms. The standard InChI is InChI=1S/C19H15FN4O2/c1-12(25)13-5-7-16(8-6-13)23-18(26)14-10-21-19(22-11-14)24-17-4-2-3-15(20)9-17/h2-11H,1H3,(H,23,26)(H,21,22,24). The van der Waals surface area contributed by atoms with Gasteiger partial charge in [-0.3, -0.25) is 9.59 Å². The van der Waals surface area contributed by atoms with Gasteiger partial charge in [0.25, 0.3) is 5.91 Å². The highest BCUT2D eigenvalue weighted by Gasteiger charge is 2.09. The maximum Gasteiger partial charge on any atom is 0.258 e. The topological polar surface area (TPSA) is 84.0 Å². The van der Waals surface area contributed by atoms with E-state index in [2.05, 4.69) is 20.6 Å². The molecule has 0 aliphatic carbocycles. The quantitative estimate of drug-likeness (QED) is 0.684. The number of amides is 1. The molecule has 26 heavy (non-hydrogen) atoms. The molecule has 1 amide bonds. The van der Waals surface area contributed by atoms with Crippen molar-refractivity contribution in [2.24, 2.45) is 0 Å². The van der Waals surface area contributed by atoms with Gasteiger partial charge >= 0.3 is 0 Å². The Bertz CT molecular complexity index is 941. The molecular formula is C19H15FN4O2. The SMILES string of the molecule is CC(=O)c1ccc(NC(=O)c2cnc(Nc3cccc(F)c3)nc2)cc1. The van der Waals surface area contributed by atoms with Crippen LogP contribution >= 0.6 is 0 Å². The third-order valence-electron chi connectivity index (χ3n) is 3.54. The summed E-state index contributed by atoms with van der Waals surface area (Å²) in [6, 6.07) is 12.5. The first kappa shape index (κ1) is 17.2. The fourth-order valence-electron chi connectivity index (χ4n) is 2.20. The van der Waals surface area contributed by atoms with Crippen molar-refractivity contribution in [2.75, 3.05) is 10.6 Å². The Labute approximate surface area is 149 Å². The third-order valence-corrected chi connectivity index (χ3v) is 3.54. The molecule has 0 unspecified atom stereocenters. The second-order valence-corrected chi connectivity index (χ2v) is 5.52. The lowest BCUT2D eigenvalue weighted by Gasteiger charge is -2.07. The summed E-state index contributed by atoms with van der Waals surface area (Å²) >= 11 is 0. The Morgan fingerprint density at radius 2 is 1.62 bits per heavy atom. The van der Waals surface area contributed by atoms with Crippen molar-refractivity contribution in [3.63, 3.8) is 0 Å². The molecule has 2 N–H and O–H groups in total. The van der Waals surface area contributed by atoms with Crippen LogP contribution in [0, 0.1) is 5.82 Å². The molecule has 2 aromatic carbocycles. The molecule has 130 valence electrons. The molecule has 3 aromatic rings. The molecule has 1 heterocycles. The predicted molar refractivity (Wildman–Crippen MR) is 96.1 cm³/mol. The summed E-state index contributed by atoms with van der Waals surface area (Å²) in [7, 11) is 0. The summed E-state index contributed by atoms with van der Waals surface area (Å²) < 4.78 is 13.2. The number of rotatable bonds is 5. The van der Waals surface area contributed by atoms with Crippen LogP contribution in [0.3, 0.4) is 0 Å². The minimum absolute atomic E-state index is 0.0438. The number of hydrogen-bond donors (Lipinski definition) is 2. The van der Waals surface area contributed by atoms with Gasteiger partial charge in [-0.25, -0.2) is 14.4 Å². The summed E-state index contributed by atoms with van der Waals surface area (Å²) in [5, 5.41) is 5.55. The zero-order valence-corrected chi connectivity index (χ0v) is 13.9. The van der Waals surface area contributed by atoms with Crippen LogP contribution in [0.4, 0.5) is 21.7 Å². The van der Waals surface area contributed by atoms with Gasteiger partial charge in [-0.15, -0.1) is 0 Å². The van der Waals surface area contributed by atoms with Crippen LogP contribution in [-0.2, 0) is 0 Å². The van der Waals surface area contributed by atoms with Gasteiger partial charge in [-0.1, -0.05) is 6.07 Å². The van der Waals surface area contributed by atoms with Crippen LogP contribution in [0.1, 0.15) is 27.6 Å². The number of aromatic nitrogens is 2. The molecule has 0 radical (unpaired) electrons. The van der Waals surface area contributed by atoms with Crippen molar-refractivity contribution in [1.29, 1.82) is 0 Å². The van der Waals surface area contributed by atoms with E-state index in [9.17, 15) is 14.0 Å². The number of halogens is 1. The van der Waals surface area contributed by atoms with Gasteiger partial charge < -0.3 is 10.6 Å². The van der Waals surface area contributed by atoms with E-state index in [1.165, 1.54) is 31.5 Å². The van der Waals surface area contributed by atoms with Crippen molar-refractivity contribution in [3.05, 3.63) is 77.9 Å². The number of Topliss-reactive ketones (excluding diaryl/α,β-unsaturated/α-hetero) is 1.